The number of hydrogen-bond acceptors (Lipinski definition) is 4. The van der Waals surface area contributed by atoms with E-state index in [1.165, 1.54) is 24.7 Å². The van der Waals surface area contributed by atoms with Gasteiger partial charge in [0, 0.05) is 5.69 Å². The van der Waals surface area contributed by atoms with Crippen molar-refractivity contribution in [3.05, 3.63) is 59.2 Å². The first kappa shape index (κ1) is 18.0. The summed E-state index contributed by atoms with van der Waals surface area (Å²) in [6, 6.07) is 13.2. The van der Waals surface area contributed by atoms with E-state index in [9.17, 15) is 9.59 Å². The van der Waals surface area contributed by atoms with E-state index >= 15 is 0 Å². The quantitative estimate of drug-likeness (QED) is 0.810. The molecule has 3 rings (SSSR count). The number of rotatable bonds is 6. The SMILES string of the molecule is COC(=O)Cc1ccc(OC(C)C(=O)Nc2ccc3c(c2)CCC3)cc1. The summed E-state index contributed by atoms with van der Waals surface area (Å²) >= 11 is 0. The molecule has 136 valence electrons. The van der Waals surface area contributed by atoms with Crippen molar-refractivity contribution >= 4 is 17.6 Å². The first-order valence-electron chi connectivity index (χ1n) is 8.80. The molecule has 0 bridgehead atoms. The van der Waals surface area contributed by atoms with Gasteiger partial charge in [0.05, 0.1) is 13.5 Å². The average Bonchev–Trinajstić information content (AvgIpc) is 3.11. The Morgan fingerprint density at radius 1 is 1.08 bits per heavy atom. The van der Waals surface area contributed by atoms with Gasteiger partial charge in [0.2, 0.25) is 0 Å². The Balaban J connectivity index is 1.56. The Hall–Kier alpha value is -2.82. The van der Waals surface area contributed by atoms with Crippen LogP contribution in [0.3, 0.4) is 0 Å². The number of nitrogens with one attached hydrogen (secondary N) is 1. The second-order valence-electron chi connectivity index (χ2n) is 6.48. The molecule has 5 heteroatoms. The molecule has 2 aromatic carbocycles. The zero-order valence-corrected chi connectivity index (χ0v) is 15.1. The first-order chi connectivity index (χ1) is 12.5. The van der Waals surface area contributed by atoms with Crippen molar-refractivity contribution in [2.45, 2.75) is 38.7 Å². The Bertz CT molecular complexity index is 798. The van der Waals surface area contributed by atoms with Crippen LogP contribution in [0, 0.1) is 0 Å². The van der Waals surface area contributed by atoms with Gasteiger partial charge in [-0.15, -0.1) is 0 Å². The summed E-state index contributed by atoms with van der Waals surface area (Å²) in [5, 5.41) is 2.91. The number of carbonyl (C=O) groups excluding carboxylic acids is 2. The molecule has 2 aromatic rings. The fraction of sp³-hybridized carbons (Fsp3) is 0.333. The van der Waals surface area contributed by atoms with Crippen molar-refractivity contribution in [2.24, 2.45) is 0 Å². The highest BCUT2D eigenvalue weighted by atomic mass is 16.5. The van der Waals surface area contributed by atoms with Crippen LogP contribution in [-0.2, 0) is 33.6 Å². The van der Waals surface area contributed by atoms with Crippen LogP contribution in [0.1, 0.15) is 30.0 Å². The number of carbonyl (C=O) groups is 2. The monoisotopic (exact) mass is 353 g/mol. The van der Waals surface area contributed by atoms with Crippen LogP contribution in [0.5, 0.6) is 5.75 Å². The number of fused-ring (bicyclic) bond motifs is 1. The molecule has 1 N–H and O–H groups in total. The molecule has 1 amide bonds. The highest BCUT2D eigenvalue weighted by Crippen LogP contribution is 2.25. The summed E-state index contributed by atoms with van der Waals surface area (Å²) < 4.78 is 10.3. The summed E-state index contributed by atoms with van der Waals surface area (Å²) in [7, 11) is 1.36. The van der Waals surface area contributed by atoms with Crippen LogP contribution >= 0.6 is 0 Å². The number of esters is 1. The summed E-state index contributed by atoms with van der Waals surface area (Å²) in [6.07, 6.45) is 2.95. The van der Waals surface area contributed by atoms with E-state index in [0.717, 1.165) is 24.1 Å². The van der Waals surface area contributed by atoms with Gasteiger partial charge in [-0.05, 0) is 67.1 Å². The predicted molar refractivity (Wildman–Crippen MR) is 99.3 cm³/mol. The van der Waals surface area contributed by atoms with Crippen molar-refractivity contribution in [3.63, 3.8) is 0 Å². The number of hydrogen-bond donors (Lipinski definition) is 1. The molecule has 0 fully saturated rings. The zero-order valence-electron chi connectivity index (χ0n) is 15.1. The number of anilines is 1. The molecule has 0 spiro atoms. The van der Waals surface area contributed by atoms with E-state index in [0.29, 0.717) is 5.75 Å². The normalized spacial score (nSPS) is 13.6. The molecule has 0 heterocycles. The lowest BCUT2D eigenvalue weighted by Crippen LogP contribution is -2.30. The molecule has 1 aliphatic rings. The third kappa shape index (κ3) is 4.42. The second-order valence-corrected chi connectivity index (χ2v) is 6.48. The second kappa shape index (κ2) is 8.04. The third-order valence-corrected chi connectivity index (χ3v) is 4.55. The van der Waals surface area contributed by atoms with Crippen LogP contribution in [0.4, 0.5) is 5.69 Å². The molecule has 0 saturated heterocycles. The van der Waals surface area contributed by atoms with E-state index in [-0.39, 0.29) is 18.3 Å². The van der Waals surface area contributed by atoms with Gasteiger partial charge in [-0.3, -0.25) is 9.59 Å². The van der Waals surface area contributed by atoms with Gasteiger partial charge in [0.1, 0.15) is 5.75 Å². The highest BCUT2D eigenvalue weighted by Gasteiger charge is 2.17. The van der Waals surface area contributed by atoms with Gasteiger partial charge in [-0.1, -0.05) is 18.2 Å². The maximum atomic E-state index is 12.4. The Morgan fingerprint density at radius 3 is 2.54 bits per heavy atom. The van der Waals surface area contributed by atoms with E-state index in [4.69, 9.17) is 4.74 Å². The van der Waals surface area contributed by atoms with Crippen molar-refractivity contribution in [2.75, 3.05) is 12.4 Å². The van der Waals surface area contributed by atoms with Gasteiger partial charge < -0.3 is 14.8 Å². The Labute approximate surface area is 153 Å². The fourth-order valence-corrected chi connectivity index (χ4v) is 3.08. The van der Waals surface area contributed by atoms with E-state index in [2.05, 4.69) is 22.2 Å². The van der Waals surface area contributed by atoms with Crippen LogP contribution in [0.25, 0.3) is 0 Å². The molecule has 0 radical (unpaired) electrons. The summed E-state index contributed by atoms with van der Waals surface area (Å²) in [6.45, 7) is 1.71. The number of aryl methyl sites for hydroxylation is 2. The van der Waals surface area contributed by atoms with Crippen molar-refractivity contribution < 1.29 is 19.1 Å². The van der Waals surface area contributed by atoms with Crippen molar-refractivity contribution in [1.82, 2.24) is 0 Å². The molecular weight excluding hydrogens is 330 g/mol. The molecule has 5 nitrogen and oxygen atoms in total. The number of ether oxygens (including phenoxy) is 2. The minimum atomic E-state index is -0.630. The van der Waals surface area contributed by atoms with Gasteiger partial charge in [-0.2, -0.15) is 0 Å². The van der Waals surface area contributed by atoms with E-state index in [1.807, 2.05) is 6.07 Å². The summed E-state index contributed by atoms with van der Waals surface area (Å²) in [5.41, 5.74) is 4.33. The molecule has 26 heavy (non-hydrogen) atoms. The van der Waals surface area contributed by atoms with Crippen molar-refractivity contribution in [3.8, 4) is 5.75 Å². The van der Waals surface area contributed by atoms with Crippen LogP contribution in [0.15, 0.2) is 42.5 Å². The predicted octanol–water partition coefficient (Wildman–Crippen LogP) is 3.30. The minimum Gasteiger partial charge on any atom is -0.481 e. The molecule has 1 atom stereocenters. The van der Waals surface area contributed by atoms with Gasteiger partial charge >= 0.3 is 5.97 Å². The Kier molecular flexibility index (Phi) is 5.56. The van der Waals surface area contributed by atoms with Crippen molar-refractivity contribution in [1.29, 1.82) is 0 Å². The fourth-order valence-electron chi connectivity index (χ4n) is 3.08. The van der Waals surface area contributed by atoms with Gasteiger partial charge in [0.25, 0.3) is 5.91 Å². The zero-order chi connectivity index (χ0) is 18.5. The number of methoxy groups -OCH3 is 1. The average molecular weight is 353 g/mol. The Morgan fingerprint density at radius 2 is 1.81 bits per heavy atom. The number of amides is 1. The van der Waals surface area contributed by atoms with Crippen LogP contribution in [0.2, 0.25) is 0 Å². The lowest BCUT2D eigenvalue weighted by atomic mass is 10.1. The van der Waals surface area contributed by atoms with Crippen LogP contribution < -0.4 is 10.1 Å². The lowest BCUT2D eigenvalue weighted by molar-refractivity contribution is -0.139. The summed E-state index contributed by atoms with van der Waals surface area (Å²) in [5.74, 6) is 0.0950. The number of benzene rings is 2. The largest absolute Gasteiger partial charge is 0.481 e. The molecule has 0 aromatic heterocycles. The molecule has 0 aliphatic heterocycles. The third-order valence-electron chi connectivity index (χ3n) is 4.55. The van der Waals surface area contributed by atoms with Gasteiger partial charge in [-0.25, -0.2) is 0 Å². The molecule has 1 unspecified atom stereocenters. The molecule has 1 aliphatic carbocycles. The lowest BCUT2D eigenvalue weighted by Gasteiger charge is -2.15. The smallest absolute Gasteiger partial charge is 0.309 e. The minimum absolute atomic E-state index is 0.193. The standard InChI is InChI=1S/C21H23NO4/c1-14(26-19-10-6-15(7-11-19)12-20(23)25-2)21(24)22-18-9-8-16-4-3-5-17(16)13-18/h6-11,13-14H,3-5,12H2,1-2H3,(H,22,24). The molecular formula is C21H23NO4. The highest BCUT2D eigenvalue weighted by molar-refractivity contribution is 5.94. The van der Waals surface area contributed by atoms with Gasteiger partial charge in [0.15, 0.2) is 6.10 Å². The maximum Gasteiger partial charge on any atom is 0.309 e. The van der Waals surface area contributed by atoms with E-state index < -0.39 is 6.10 Å². The van der Waals surface area contributed by atoms with Crippen LogP contribution in [-0.4, -0.2) is 25.1 Å². The topological polar surface area (TPSA) is 64.6 Å². The first-order valence-corrected chi connectivity index (χ1v) is 8.80. The summed E-state index contributed by atoms with van der Waals surface area (Å²) in [4.78, 5) is 23.6. The molecule has 0 saturated carbocycles. The maximum absolute atomic E-state index is 12.4. The van der Waals surface area contributed by atoms with E-state index in [1.54, 1.807) is 31.2 Å².